The van der Waals surface area contributed by atoms with Crippen LogP contribution < -0.4 is 0 Å². The molecule has 0 spiro atoms. The van der Waals surface area contributed by atoms with Gasteiger partial charge in [0.05, 0.1) is 6.04 Å². The summed E-state index contributed by atoms with van der Waals surface area (Å²) >= 11 is 0. The van der Waals surface area contributed by atoms with E-state index in [2.05, 4.69) is 9.80 Å². The zero-order valence-corrected chi connectivity index (χ0v) is 9.32. The van der Waals surface area contributed by atoms with E-state index in [-0.39, 0.29) is 6.04 Å². The number of Topliss-reactive ketones (excluding diaryl/α,β-unsaturated/α-hetero) is 1. The highest BCUT2D eigenvalue weighted by molar-refractivity contribution is 5.88. The third-order valence-electron chi connectivity index (χ3n) is 4.33. The molecule has 84 valence electrons. The summed E-state index contributed by atoms with van der Waals surface area (Å²) < 4.78 is 0. The second-order valence-electron chi connectivity index (χ2n) is 5.24. The molecule has 0 saturated carbocycles. The third-order valence-corrected chi connectivity index (χ3v) is 4.33. The molecule has 4 saturated heterocycles. The summed E-state index contributed by atoms with van der Waals surface area (Å²) in [6, 6.07) is 0.246. The maximum Gasteiger partial charge on any atom is 0.154 e. The van der Waals surface area contributed by atoms with Crippen LogP contribution in [-0.2, 0) is 4.79 Å². The molecule has 4 aliphatic rings. The Hall–Kier alpha value is -0.410. The summed E-state index contributed by atoms with van der Waals surface area (Å²) in [6.07, 6.45) is 4.89. The molecule has 2 bridgehead atoms. The average Bonchev–Trinajstić information content (AvgIpc) is 2.77. The van der Waals surface area contributed by atoms with Crippen LogP contribution >= 0.6 is 0 Å². The van der Waals surface area contributed by atoms with Crippen molar-refractivity contribution in [1.82, 2.24) is 9.80 Å². The highest BCUT2D eigenvalue weighted by atomic mass is 16.1. The molecule has 4 fully saturated rings. The van der Waals surface area contributed by atoms with Crippen LogP contribution in [0, 0.1) is 5.92 Å². The number of likely N-dealkylation sites (tertiary alicyclic amines) is 1. The van der Waals surface area contributed by atoms with Crippen molar-refractivity contribution in [3.8, 4) is 0 Å². The molecule has 0 aromatic heterocycles. The molecule has 1 atom stereocenters. The molecule has 3 nitrogen and oxygen atoms in total. The molecule has 3 heteroatoms. The van der Waals surface area contributed by atoms with Crippen LogP contribution in [0.15, 0.2) is 0 Å². The quantitative estimate of drug-likeness (QED) is 0.669. The van der Waals surface area contributed by atoms with Crippen LogP contribution in [0.25, 0.3) is 0 Å². The largest absolute Gasteiger partial charge is 0.301 e. The fourth-order valence-corrected chi connectivity index (χ4v) is 3.36. The van der Waals surface area contributed by atoms with E-state index >= 15 is 0 Å². The van der Waals surface area contributed by atoms with E-state index in [0.717, 1.165) is 32.5 Å². The number of hydrogen-bond acceptors (Lipinski definition) is 3. The van der Waals surface area contributed by atoms with Crippen LogP contribution in [0.3, 0.4) is 0 Å². The molecular weight excluding hydrogens is 188 g/mol. The maximum atomic E-state index is 12.1. The number of hydrogen-bond donors (Lipinski definition) is 0. The van der Waals surface area contributed by atoms with E-state index in [1.54, 1.807) is 0 Å². The number of ketones is 1. The zero-order chi connectivity index (χ0) is 10.3. The van der Waals surface area contributed by atoms with E-state index in [1.807, 2.05) is 0 Å². The van der Waals surface area contributed by atoms with Gasteiger partial charge in [0.1, 0.15) is 0 Å². The smallest absolute Gasteiger partial charge is 0.154 e. The van der Waals surface area contributed by atoms with E-state index in [1.165, 1.54) is 25.9 Å². The Labute approximate surface area is 91.4 Å². The molecule has 0 amide bonds. The van der Waals surface area contributed by atoms with Gasteiger partial charge in [-0.15, -0.1) is 0 Å². The molecule has 1 unspecified atom stereocenters. The Kier molecular flexibility index (Phi) is 2.53. The molecule has 15 heavy (non-hydrogen) atoms. The fraction of sp³-hybridized carbons (Fsp3) is 0.917. The summed E-state index contributed by atoms with van der Waals surface area (Å²) in [6.45, 7) is 5.75. The van der Waals surface area contributed by atoms with Gasteiger partial charge in [-0.05, 0) is 51.9 Å². The lowest BCUT2D eigenvalue weighted by Gasteiger charge is -2.45. The number of nitrogens with zero attached hydrogens (tertiary/aromatic N) is 2. The first-order chi connectivity index (χ1) is 7.34. The van der Waals surface area contributed by atoms with Gasteiger partial charge >= 0.3 is 0 Å². The first-order valence-electron chi connectivity index (χ1n) is 6.35. The van der Waals surface area contributed by atoms with Gasteiger partial charge in [-0.25, -0.2) is 0 Å². The lowest BCUT2D eigenvalue weighted by atomic mass is 9.82. The van der Waals surface area contributed by atoms with Gasteiger partial charge in [-0.3, -0.25) is 9.69 Å². The van der Waals surface area contributed by atoms with E-state index < -0.39 is 0 Å². The van der Waals surface area contributed by atoms with Crippen molar-refractivity contribution < 1.29 is 4.79 Å². The predicted molar refractivity (Wildman–Crippen MR) is 58.8 cm³/mol. The molecule has 4 rings (SSSR count). The van der Waals surface area contributed by atoms with E-state index in [4.69, 9.17) is 0 Å². The van der Waals surface area contributed by atoms with Crippen LogP contribution in [0.5, 0.6) is 0 Å². The van der Waals surface area contributed by atoms with Crippen molar-refractivity contribution in [2.75, 3.05) is 32.7 Å². The normalized spacial score (nSPS) is 41.3. The first kappa shape index (κ1) is 9.79. The predicted octanol–water partition coefficient (Wildman–Crippen LogP) is 0.745. The van der Waals surface area contributed by atoms with E-state index in [9.17, 15) is 4.79 Å². The summed E-state index contributed by atoms with van der Waals surface area (Å²) in [4.78, 5) is 17.0. The van der Waals surface area contributed by atoms with Crippen LogP contribution in [0.2, 0.25) is 0 Å². The molecule has 0 radical (unpaired) electrons. The third kappa shape index (κ3) is 1.72. The zero-order valence-electron chi connectivity index (χ0n) is 9.32. The topological polar surface area (TPSA) is 23.6 Å². The molecule has 4 aliphatic heterocycles. The van der Waals surface area contributed by atoms with Crippen molar-refractivity contribution in [1.29, 1.82) is 0 Å². The second-order valence-corrected chi connectivity index (χ2v) is 5.24. The monoisotopic (exact) mass is 208 g/mol. The van der Waals surface area contributed by atoms with Crippen molar-refractivity contribution in [3.63, 3.8) is 0 Å². The van der Waals surface area contributed by atoms with Crippen LogP contribution in [0.1, 0.15) is 25.7 Å². The van der Waals surface area contributed by atoms with Gasteiger partial charge in [-0.2, -0.15) is 0 Å². The Morgan fingerprint density at radius 3 is 2.33 bits per heavy atom. The van der Waals surface area contributed by atoms with Crippen LogP contribution in [0.4, 0.5) is 0 Å². The SMILES string of the molecule is O=C1C2CCN(CC2)C1CN1CCCC1. The van der Waals surface area contributed by atoms with Gasteiger partial charge in [0.15, 0.2) is 5.78 Å². The van der Waals surface area contributed by atoms with Gasteiger partial charge in [-0.1, -0.05) is 0 Å². The molecule has 0 N–H and O–H groups in total. The van der Waals surface area contributed by atoms with Gasteiger partial charge < -0.3 is 4.90 Å². The minimum atomic E-state index is 0.246. The number of carbonyl (C=O) groups excluding carboxylic acids is 1. The lowest BCUT2D eigenvalue weighted by molar-refractivity contribution is -0.137. The Morgan fingerprint density at radius 2 is 1.73 bits per heavy atom. The lowest BCUT2D eigenvalue weighted by Crippen LogP contribution is -2.58. The van der Waals surface area contributed by atoms with Crippen LogP contribution in [-0.4, -0.2) is 54.3 Å². The molecule has 4 heterocycles. The van der Waals surface area contributed by atoms with Gasteiger partial charge in [0.25, 0.3) is 0 Å². The Bertz CT molecular complexity index is 252. The number of fused-ring (bicyclic) bond motifs is 3. The van der Waals surface area contributed by atoms with Gasteiger partial charge in [0, 0.05) is 12.5 Å². The summed E-state index contributed by atoms with van der Waals surface area (Å²) in [7, 11) is 0. The van der Waals surface area contributed by atoms with E-state index in [0.29, 0.717) is 11.7 Å². The molecule has 0 aliphatic carbocycles. The average molecular weight is 208 g/mol. The summed E-state index contributed by atoms with van der Waals surface area (Å²) in [5.74, 6) is 0.946. The first-order valence-corrected chi connectivity index (χ1v) is 6.35. The highest BCUT2D eigenvalue weighted by Crippen LogP contribution is 2.29. The Morgan fingerprint density at radius 1 is 1.07 bits per heavy atom. The minimum Gasteiger partial charge on any atom is -0.301 e. The highest BCUT2D eigenvalue weighted by Gasteiger charge is 2.41. The number of rotatable bonds is 2. The summed E-state index contributed by atoms with van der Waals surface area (Å²) in [5, 5.41) is 0. The summed E-state index contributed by atoms with van der Waals surface area (Å²) in [5.41, 5.74) is 0. The number of piperidine rings is 3. The molecule has 0 aromatic rings. The Balaban J connectivity index is 1.66. The number of carbonyl (C=O) groups is 1. The van der Waals surface area contributed by atoms with Gasteiger partial charge in [0.2, 0.25) is 0 Å². The standard InChI is InChI=1S/C12H20N2O/c15-12-10-3-7-14(8-4-10)11(12)9-13-5-1-2-6-13/h10-11H,1-9H2. The molecule has 0 aromatic carbocycles. The second kappa shape index (κ2) is 3.87. The fourth-order valence-electron chi connectivity index (χ4n) is 3.36. The maximum absolute atomic E-state index is 12.1. The van der Waals surface area contributed by atoms with Crippen molar-refractivity contribution in [2.24, 2.45) is 5.92 Å². The minimum absolute atomic E-state index is 0.246. The molecular formula is C12H20N2O. The van der Waals surface area contributed by atoms with Crippen molar-refractivity contribution in [3.05, 3.63) is 0 Å². The van der Waals surface area contributed by atoms with Crippen molar-refractivity contribution >= 4 is 5.78 Å². The van der Waals surface area contributed by atoms with Crippen molar-refractivity contribution in [2.45, 2.75) is 31.7 Å².